The van der Waals surface area contributed by atoms with E-state index in [2.05, 4.69) is 35.2 Å². The lowest BCUT2D eigenvalue weighted by molar-refractivity contribution is -0.117. The minimum absolute atomic E-state index is 0.0374. The highest BCUT2D eigenvalue weighted by Gasteiger charge is 2.27. The monoisotopic (exact) mass is 393 g/mol. The molecule has 1 aliphatic heterocycles. The van der Waals surface area contributed by atoms with Crippen molar-refractivity contribution in [1.29, 1.82) is 0 Å². The third-order valence-electron chi connectivity index (χ3n) is 5.81. The number of benzene rings is 1. The van der Waals surface area contributed by atoms with E-state index in [9.17, 15) is 4.79 Å². The molecule has 0 spiro atoms. The first-order valence-corrected chi connectivity index (χ1v) is 9.91. The molecule has 0 fully saturated rings. The topological polar surface area (TPSA) is 72.1 Å². The van der Waals surface area contributed by atoms with Gasteiger partial charge < -0.3 is 14.4 Å². The van der Waals surface area contributed by atoms with Gasteiger partial charge in [0.05, 0.1) is 5.69 Å². The van der Waals surface area contributed by atoms with E-state index >= 15 is 0 Å². The third kappa shape index (κ3) is 3.28. The van der Waals surface area contributed by atoms with Crippen LogP contribution in [0, 0.1) is 13.8 Å². The number of nitrogens with zero attached hydrogens (tertiary/aromatic N) is 7. The molecule has 1 amide bonds. The molecule has 152 valence electrons. The van der Waals surface area contributed by atoms with Gasteiger partial charge in [-0.05, 0) is 32.4 Å². The molecule has 0 bridgehead atoms. The van der Waals surface area contributed by atoms with Gasteiger partial charge in [0.25, 0.3) is 0 Å². The SMILES string of the molecule is CCn1nc(C)c(Cc2nnc(N3CC(=O)N(C)c4ccccc4C3)n2C)c1C. The molecule has 0 unspecified atom stereocenters. The van der Waals surface area contributed by atoms with Crippen LogP contribution in [0.15, 0.2) is 24.3 Å². The van der Waals surface area contributed by atoms with Gasteiger partial charge in [-0.1, -0.05) is 18.2 Å². The van der Waals surface area contributed by atoms with Gasteiger partial charge in [-0.3, -0.25) is 9.48 Å². The second-order valence-corrected chi connectivity index (χ2v) is 7.55. The molecule has 1 aromatic carbocycles. The zero-order valence-electron chi connectivity index (χ0n) is 17.7. The van der Waals surface area contributed by atoms with E-state index in [1.54, 1.807) is 4.90 Å². The first-order chi connectivity index (χ1) is 13.9. The minimum Gasteiger partial charge on any atom is -0.327 e. The summed E-state index contributed by atoms with van der Waals surface area (Å²) in [6, 6.07) is 8.00. The Labute approximate surface area is 170 Å². The second-order valence-electron chi connectivity index (χ2n) is 7.55. The largest absolute Gasteiger partial charge is 0.327 e. The van der Waals surface area contributed by atoms with Crippen molar-refractivity contribution in [3.63, 3.8) is 0 Å². The Bertz CT molecular complexity index is 1070. The molecule has 1 aliphatic rings. The van der Waals surface area contributed by atoms with Gasteiger partial charge >= 0.3 is 0 Å². The molecule has 8 heteroatoms. The Hall–Kier alpha value is -3.16. The average molecular weight is 393 g/mol. The van der Waals surface area contributed by atoms with Crippen LogP contribution in [0.2, 0.25) is 0 Å². The summed E-state index contributed by atoms with van der Waals surface area (Å²) in [5, 5.41) is 13.5. The molecule has 2 aromatic heterocycles. The molecule has 29 heavy (non-hydrogen) atoms. The Morgan fingerprint density at radius 2 is 1.83 bits per heavy atom. The number of carbonyl (C=O) groups is 1. The van der Waals surface area contributed by atoms with Crippen LogP contribution in [0.25, 0.3) is 0 Å². The highest BCUT2D eigenvalue weighted by Crippen LogP contribution is 2.27. The van der Waals surface area contributed by atoms with Gasteiger partial charge in [0.2, 0.25) is 11.9 Å². The normalized spacial score (nSPS) is 14.3. The molecular formula is C21H27N7O. The van der Waals surface area contributed by atoms with Crippen molar-refractivity contribution in [1.82, 2.24) is 24.5 Å². The number of carbonyl (C=O) groups excluding carboxylic acids is 1. The maximum atomic E-state index is 12.7. The Morgan fingerprint density at radius 1 is 1.07 bits per heavy atom. The van der Waals surface area contributed by atoms with Crippen molar-refractivity contribution in [2.75, 3.05) is 23.4 Å². The van der Waals surface area contributed by atoms with E-state index in [0.717, 1.165) is 35.0 Å². The number of hydrogen-bond donors (Lipinski definition) is 0. The minimum atomic E-state index is 0.0374. The predicted molar refractivity (Wildman–Crippen MR) is 112 cm³/mol. The van der Waals surface area contributed by atoms with Crippen LogP contribution in [-0.2, 0) is 31.4 Å². The average Bonchev–Trinajstić information content (AvgIpc) is 3.17. The molecule has 0 radical (unpaired) electrons. The smallest absolute Gasteiger partial charge is 0.246 e. The first-order valence-electron chi connectivity index (χ1n) is 9.91. The number of fused-ring (bicyclic) bond motifs is 1. The van der Waals surface area contributed by atoms with Crippen molar-refractivity contribution in [3.8, 4) is 0 Å². The zero-order chi connectivity index (χ0) is 20.7. The van der Waals surface area contributed by atoms with E-state index in [1.165, 1.54) is 5.56 Å². The highest BCUT2D eigenvalue weighted by atomic mass is 16.2. The number of amides is 1. The van der Waals surface area contributed by atoms with Crippen LogP contribution < -0.4 is 9.80 Å². The number of rotatable bonds is 4. The van der Waals surface area contributed by atoms with Gasteiger partial charge in [-0.25, -0.2) is 0 Å². The molecular weight excluding hydrogens is 366 g/mol. The lowest BCUT2D eigenvalue weighted by atomic mass is 10.1. The Balaban J connectivity index is 1.65. The lowest BCUT2D eigenvalue weighted by Gasteiger charge is -2.20. The van der Waals surface area contributed by atoms with Crippen molar-refractivity contribution in [3.05, 3.63) is 52.6 Å². The highest BCUT2D eigenvalue weighted by molar-refractivity contribution is 5.97. The van der Waals surface area contributed by atoms with Crippen molar-refractivity contribution in [2.24, 2.45) is 7.05 Å². The molecule has 0 N–H and O–H groups in total. The summed E-state index contributed by atoms with van der Waals surface area (Å²) in [5.74, 6) is 1.60. The quantitative estimate of drug-likeness (QED) is 0.680. The van der Waals surface area contributed by atoms with E-state index in [1.807, 2.05) is 53.4 Å². The summed E-state index contributed by atoms with van der Waals surface area (Å²) < 4.78 is 4.01. The van der Waals surface area contributed by atoms with Crippen LogP contribution >= 0.6 is 0 Å². The van der Waals surface area contributed by atoms with Gasteiger partial charge in [-0.2, -0.15) is 5.10 Å². The van der Waals surface area contributed by atoms with Crippen LogP contribution in [-0.4, -0.2) is 44.0 Å². The van der Waals surface area contributed by atoms with Gasteiger partial charge in [-0.15, -0.1) is 10.2 Å². The maximum Gasteiger partial charge on any atom is 0.246 e. The van der Waals surface area contributed by atoms with Crippen LogP contribution in [0.1, 0.15) is 35.3 Å². The van der Waals surface area contributed by atoms with E-state index in [-0.39, 0.29) is 12.5 Å². The fourth-order valence-electron chi connectivity index (χ4n) is 4.02. The van der Waals surface area contributed by atoms with E-state index < -0.39 is 0 Å². The zero-order valence-corrected chi connectivity index (χ0v) is 17.7. The fourth-order valence-corrected chi connectivity index (χ4v) is 4.02. The molecule has 8 nitrogen and oxygen atoms in total. The number of likely N-dealkylation sites (N-methyl/N-ethyl adjacent to an activating group) is 1. The van der Waals surface area contributed by atoms with Crippen molar-refractivity contribution in [2.45, 2.75) is 40.3 Å². The molecule has 0 saturated carbocycles. The summed E-state index contributed by atoms with van der Waals surface area (Å²) in [7, 11) is 3.79. The predicted octanol–water partition coefficient (Wildman–Crippen LogP) is 2.22. The molecule has 3 heterocycles. The van der Waals surface area contributed by atoms with Gasteiger partial charge in [0.1, 0.15) is 12.4 Å². The van der Waals surface area contributed by atoms with Gasteiger partial charge in [0, 0.05) is 50.6 Å². The summed E-state index contributed by atoms with van der Waals surface area (Å²) in [6.07, 6.45) is 0.666. The van der Waals surface area contributed by atoms with E-state index in [0.29, 0.717) is 18.9 Å². The molecule has 0 saturated heterocycles. The first kappa shape index (κ1) is 19.2. The standard InChI is InChI=1S/C21H27N7O/c1-6-28-15(3)17(14(2)24-28)11-19-22-23-21(26(19)5)27-12-16-9-7-8-10-18(16)25(4)20(29)13-27/h7-10H,6,11-13H2,1-5H3. The number of aromatic nitrogens is 5. The number of para-hydroxylation sites is 1. The molecule has 0 atom stereocenters. The fraction of sp³-hybridized carbons (Fsp3) is 0.429. The Morgan fingerprint density at radius 3 is 2.55 bits per heavy atom. The second kappa shape index (κ2) is 7.35. The maximum absolute atomic E-state index is 12.7. The van der Waals surface area contributed by atoms with Gasteiger partial charge in [0.15, 0.2) is 0 Å². The van der Waals surface area contributed by atoms with Crippen molar-refractivity contribution >= 4 is 17.5 Å². The van der Waals surface area contributed by atoms with Crippen LogP contribution in [0.5, 0.6) is 0 Å². The number of aryl methyl sites for hydroxylation is 2. The summed E-state index contributed by atoms with van der Waals surface area (Å²) in [5.41, 5.74) is 5.41. The molecule has 4 rings (SSSR count). The van der Waals surface area contributed by atoms with Crippen LogP contribution in [0.4, 0.5) is 11.6 Å². The Kier molecular flexibility index (Phi) is 4.86. The van der Waals surface area contributed by atoms with Crippen molar-refractivity contribution < 1.29 is 4.79 Å². The van der Waals surface area contributed by atoms with E-state index in [4.69, 9.17) is 0 Å². The number of hydrogen-bond acceptors (Lipinski definition) is 5. The molecule has 0 aliphatic carbocycles. The van der Waals surface area contributed by atoms with Crippen LogP contribution in [0.3, 0.4) is 0 Å². The summed E-state index contributed by atoms with van der Waals surface area (Å²) in [6.45, 7) is 7.95. The third-order valence-corrected chi connectivity index (χ3v) is 5.81. The molecule has 3 aromatic rings. The summed E-state index contributed by atoms with van der Waals surface area (Å²) in [4.78, 5) is 16.4. The number of anilines is 2. The summed E-state index contributed by atoms with van der Waals surface area (Å²) >= 11 is 0. The lowest BCUT2D eigenvalue weighted by Crippen LogP contribution is -2.36.